The van der Waals surface area contributed by atoms with Gasteiger partial charge in [0.1, 0.15) is 18.1 Å². The molecule has 1 heterocycles. The van der Waals surface area contributed by atoms with Gasteiger partial charge in [-0.3, -0.25) is 9.69 Å². The first-order chi connectivity index (χ1) is 18.0. The Morgan fingerprint density at radius 2 is 1.62 bits per heavy atom. The number of ether oxygens (including phenoxy) is 2. The van der Waals surface area contributed by atoms with Crippen molar-refractivity contribution in [1.29, 1.82) is 0 Å². The van der Waals surface area contributed by atoms with Crippen molar-refractivity contribution in [1.82, 2.24) is 10.2 Å². The summed E-state index contributed by atoms with van der Waals surface area (Å²) >= 11 is 6.01. The predicted octanol–water partition coefficient (Wildman–Crippen LogP) is 5.38. The number of amides is 1. The summed E-state index contributed by atoms with van der Waals surface area (Å²) < 4.78 is 11.5. The Hall–Kier alpha value is -3.06. The van der Waals surface area contributed by atoms with E-state index < -0.39 is 5.60 Å². The van der Waals surface area contributed by atoms with Gasteiger partial charge in [-0.2, -0.15) is 0 Å². The standard InChI is InChI=1S/C30H35ClN2O4/c31-25-11-9-24(10-12-25)30(35)17-5-19-33(20-6-18-30)21-22-36-27-13-15-28(16-14-27)37-23-29(34)32-26-7-3-1-2-4-8-26/h1-4,7,9-16,35H,5-6,8,17-23H2,(H,32,34). The number of halogens is 1. The molecule has 0 atom stereocenters. The number of nitrogens with zero attached hydrogens (tertiary/aromatic N) is 1. The molecule has 1 saturated heterocycles. The molecule has 0 saturated carbocycles. The maximum atomic E-state index is 12.1. The van der Waals surface area contributed by atoms with E-state index in [0.29, 0.717) is 23.8 Å². The molecule has 0 bridgehead atoms. The van der Waals surface area contributed by atoms with Crippen molar-refractivity contribution in [3.8, 4) is 11.5 Å². The molecule has 1 aliphatic heterocycles. The van der Waals surface area contributed by atoms with Crippen LogP contribution in [0.4, 0.5) is 0 Å². The topological polar surface area (TPSA) is 71.0 Å². The lowest BCUT2D eigenvalue weighted by Crippen LogP contribution is -2.36. The number of hydrogen-bond donors (Lipinski definition) is 2. The predicted molar refractivity (Wildman–Crippen MR) is 147 cm³/mol. The van der Waals surface area contributed by atoms with Gasteiger partial charge < -0.3 is 19.9 Å². The van der Waals surface area contributed by atoms with Gasteiger partial charge >= 0.3 is 0 Å². The van der Waals surface area contributed by atoms with Crippen molar-refractivity contribution in [3.63, 3.8) is 0 Å². The van der Waals surface area contributed by atoms with E-state index in [-0.39, 0.29) is 12.5 Å². The summed E-state index contributed by atoms with van der Waals surface area (Å²) in [5, 5.41) is 14.8. The summed E-state index contributed by atoms with van der Waals surface area (Å²) in [7, 11) is 0. The summed E-state index contributed by atoms with van der Waals surface area (Å²) in [6.07, 6.45) is 13.7. The molecule has 0 radical (unpaired) electrons. The van der Waals surface area contributed by atoms with E-state index in [1.54, 1.807) is 0 Å². The molecule has 2 aliphatic rings. The van der Waals surface area contributed by atoms with Gasteiger partial charge in [-0.15, -0.1) is 0 Å². The third-order valence-corrected chi connectivity index (χ3v) is 6.93. The molecule has 2 aromatic carbocycles. The van der Waals surface area contributed by atoms with Gasteiger partial charge in [0.25, 0.3) is 5.91 Å². The smallest absolute Gasteiger partial charge is 0.262 e. The maximum absolute atomic E-state index is 12.1. The molecule has 2 N–H and O–H groups in total. The third kappa shape index (κ3) is 8.49. The van der Waals surface area contributed by atoms with Gasteiger partial charge in [0, 0.05) is 23.7 Å². The van der Waals surface area contributed by atoms with Crippen LogP contribution in [0.25, 0.3) is 0 Å². The SMILES string of the molecule is O=C(COc1ccc(OCCN2CCCC(O)(c3ccc(Cl)cc3)CCC2)cc1)NC1=CC=CC=CC1. The molecule has 37 heavy (non-hydrogen) atoms. The number of allylic oxidation sites excluding steroid dienone is 5. The minimum absolute atomic E-state index is 0.0485. The molecule has 0 aromatic heterocycles. The molecular formula is C30H35ClN2O4. The van der Waals surface area contributed by atoms with E-state index in [9.17, 15) is 9.90 Å². The van der Waals surface area contributed by atoms with Crippen molar-refractivity contribution < 1.29 is 19.4 Å². The highest BCUT2D eigenvalue weighted by atomic mass is 35.5. The normalized spacial score (nSPS) is 17.7. The van der Waals surface area contributed by atoms with Crippen LogP contribution in [0.15, 0.2) is 84.6 Å². The minimum Gasteiger partial charge on any atom is -0.492 e. The summed E-state index contributed by atoms with van der Waals surface area (Å²) in [5.74, 6) is 1.20. The number of aliphatic hydroxyl groups is 1. The Morgan fingerprint density at radius 1 is 0.946 bits per heavy atom. The van der Waals surface area contributed by atoms with Crippen LogP contribution >= 0.6 is 11.6 Å². The van der Waals surface area contributed by atoms with Gasteiger partial charge in [-0.1, -0.05) is 48.0 Å². The van der Waals surface area contributed by atoms with Crippen LogP contribution in [0.1, 0.15) is 37.7 Å². The maximum Gasteiger partial charge on any atom is 0.262 e. The second kappa shape index (κ2) is 13.5. The number of carbonyl (C=O) groups excluding carboxylic acids is 1. The van der Waals surface area contributed by atoms with Crippen molar-refractivity contribution in [2.45, 2.75) is 37.7 Å². The fourth-order valence-corrected chi connectivity index (χ4v) is 4.78. The minimum atomic E-state index is -0.779. The largest absolute Gasteiger partial charge is 0.492 e. The van der Waals surface area contributed by atoms with Crippen molar-refractivity contribution in [3.05, 3.63) is 95.2 Å². The van der Waals surface area contributed by atoms with E-state index >= 15 is 0 Å². The van der Waals surface area contributed by atoms with Crippen LogP contribution in [0.5, 0.6) is 11.5 Å². The lowest BCUT2D eigenvalue weighted by Gasteiger charge is -2.34. The van der Waals surface area contributed by atoms with Crippen LogP contribution in [0.2, 0.25) is 5.02 Å². The van der Waals surface area contributed by atoms with E-state index in [0.717, 1.165) is 62.3 Å². The summed E-state index contributed by atoms with van der Waals surface area (Å²) in [6.45, 7) is 3.22. The van der Waals surface area contributed by atoms with Crippen molar-refractivity contribution in [2.24, 2.45) is 0 Å². The second-order valence-electron chi connectivity index (χ2n) is 9.45. The van der Waals surface area contributed by atoms with Crippen LogP contribution in [-0.2, 0) is 10.4 Å². The highest BCUT2D eigenvalue weighted by Gasteiger charge is 2.30. The van der Waals surface area contributed by atoms with Crippen LogP contribution in [0, 0.1) is 0 Å². The highest BCUT2D eigenvalue weighted by molar-refractivity contribution is 6.30. The number of carbonyl (C=O) groups is 1. The summed E-state index contributed by atoms with van der Waals surface area (Å²) in [4.78, 5) is 14.5. The average molecular weight is 523 g/mol. The fraction of sp³-hybridized carbons (Fsp3) is 0.367. The van der Waals surface area contributed by atoms with Gasteiger partial charge in [0.15, 0.2) is 6.61 Å². The molecule has 0 spiro atoms. The first-order valence-corrected chi connectivity index (χ1v) is 13.3. The molecule has 1 amide bonds. The fourth-order valence-electron chi connectivity index (χ4n) is 4.66. The Bertz CT molecular complexity index is 1100. The second-order valence-corrected chi connectivity index (χ2v) is 9.89. The molecular weight excluding hydrogens is 488 g/mol. The van der Waals surface area contributed by atoms with E-state index in [1.165, 1.54) is 0 Å². The zero-order valence-corrected chi connectivity index (χ0v) is 21.8. The zero-order chi connectivity index (χ0) is 25.9. The number of hydrogen-bond acceptors (Lipinski definition) is 5. The summed E-state index contributed by atoms with van der Waals surface area (Å²) in [6, 6.07) is 14.9. The Labute approximate surface area is 224 Å². The van der Waals surface area contributed by atoms with Gasteiger partial charge in [0.05, 0.1) is 5.60 Å². The highest BCUT2D eigenvalue weighted by Crippen LogP contribution is 2.33. The zero-order valence-electron chi connectivity index (χ0n) is 21.1. The summed E-state index contributed by atoms with van der Waals surface area (Å²) in [5.41, 5.74) is 1.02. The van der Waals surface area contributed by atoms with Gasteiger partial charge in [-0.05, 0) is 86.8 Å². The molecule has 1 fully saturated rings. The number of likely N-dealkylation sites (tertiary alicyclic amines) is 1. The Morgan fingerprint density at radius 3 is 2.32 bits per heavy atom. The van der Waals surface area contributed by atoms with Crippen molar-refractivity contribution >= 4 is 17.5 Å². The van der Waals surface area contributed by atoms with Crippen LogP contribution in [0.3, 0.4) is 0 Å². The Balaban J connectivity index is 1.15. The van der Waals surface area contributed by atoms with Crippen LogP contribution in [-0.4, -0.2) is 48.8 Å². The van der Waals surface area contributed by atoms with Crippen molar-refractivity contribution in [2.75, 3.05) is 32.8 Å². The lowest BCUT2D eigenvalue weighted by molar-refractivity contribution is -0.122. The molecule has 1 aliphatic carbocycles. The lowest BCUT2D eigenvalue weighted by atomic mass is 9.84. The average Bonchev–Trinajstić information content (AvgIpc) is 3.15. The monoisotopic (exact) mass is 522 g/mol. The number of rotatable bonds is 9. The molecule has 0 unspecified atom stereocenters. The van der Waals surface area contributed by atoms with E-state index in [1.807, 2.05) is 78.9 Å². The molecule has 4 rings (SSSR count). The first-order valence-electron chi connectivity index (χ1n) is 12.9. The number of nitrogens with one attached hydrogen (secondary N) is 1. The Kier molecular flexibility index (Phi) is 9.83. The van der Waals surface area contributed by atoms with Gasteiger partial charge in [-0.25, -0.2) is 0 Å². The molecule has 6 nitrogen and oxygen atoms in total. The first kappa shape index (κ1) is 27.0. The van der Waals surface area contributed by atoms with Gasteiger partial charge in [0.2, 0.25) is 0 Å². The number of benzene rings is 2. The van der Waals surface area contributed by atoms with E-state index in [4.69, 9.17) is 21.1 Å². The molecule has 2 aromatic rings. The quantitative estimate of drug-likeness (QED) is 0.463. The van der Waals surface area contributed by atoms with E-state index in [2.05, 4.69) is 10.2 Å². The van der Waals surface area contributed by atoms with Crippen LogP contribution < -0.4 is 14.8 Å². The molecule has 7 heteroatoms. The molecule has 196 valence electrons. The third-order valence-electron chi connectivity index (χ3n) is 6.67.